The Hall–Kier alpha value is -2.46. The molecule has 0 saturated carbocycles. The number of likely N-dealkylation sites (tertiary alicyclic amines) is 1. The minimum absolute atomic E-state index is 0.114. The maximum Gasteiger partial charge on any atom is 0.403 e. The van der Waals surface area contributed by atoms with Gasteiger partial charge in [-0.2, -0.15) is 4.58 Å². The summed E-state index contributed by atoms with van der Waals surface area (Å²) < 4.78 is 1.34. The van der Waals surface area contributed by atoms with E-state index in [1.807, 2.05) is 0 Å². The summed E-state index contributed by atoms with van der Waals surface area (Å²) in [5.41, 5.74) is 11.2. The van der Waals surface area contributed by atoms with Crippen molar-refractivity contribution < 1.29 is 23.8 Å². The molecule has 0 aliphatic carbocycles. The summed E-state index contributed by atoms with van der Waals surface area (Å²) >= 11 is 0. The van der Waals surface area contributed by atoms with Gasteiger partial charge in [-0.05, 0) is 45.4 Å². The highest BCUT2D eigenvalue weighted by Crippen LogP contribution is 2.19. The summed E-state index contributed by atoms with van der Waals surface area (Å²) in [6, 6.07) is -1.17. The SMILES string of the molecule is C=NC(=O)CNC(=O)[C@@H]1CCCN1C(=O)CCCC[N+](=C)C(=O)[C@@H](N)CCCN. The first-order chi connectivity index (χ1) is 13.8. The van der Waals surface area contributed by atoms with Crippen LogP contribution in [0, 0.1) is 0 Å². The quantitative estimate of drug-likeness (QED) is 0.209. The highest BCUT2D eigenvalue weighted by Gasteiger charge is 2.33. The van der Waals surface area contributed by atoms with Gasteiger partial charge in [0.2, 0.25) is 11.8 Å². The number of nitrogens with one attached hydrogen (secondary N) is 1. The highest BCUT2D eigenvalue weighted by atomic mass is 16.2. The molecule has 29 heavy (non-hydrogen) atoms. The van der Waals surface area contributed by atoms with Gasteiger partial charge in [-0.25, -0.2) is 9.79 Å². The number of unbranched alkanes of at least 4 members (excludes halogenated alkanes) is 1. The molecule has 1 aliphatic heterocycles. The zero-order chi connectivity index (χ0) is 21.8. The van der Waals surface area contributed by atoms with E-state index in [-0.39, 0.29) is 30.7 Å². The molecule has 0 aromatic rings. The van der Waals surface area contributed by atoms with Crippen LogP contribution in [-0.2, 0) is 19.2 Å². The Labute approximate surface area is 171 Å². The van der Waals surface area contributed by atoms with Crippen LogP contribution in [0.2, 0.25) is 0 Å². The predicted molar refractivity (Wildman–Crippen MR) is 110 cm³/mol. The lowest BCUT2D eigenvalue weighted by atomic mass is 10.1. The molecule has 0 aromatic carbocycles. The van der Waals surface area contributed by atoms with Gasteiger partial charge in [-0.1, -0.05) is 0 Å². The Morgan fingerprint density at radius 2 is 1.97 bits per heavy atom. The molecule has 162 valence electrons. The van der Waals surface area contributed by atoms with Crippen molar-refractivity contribution in [3.05, 3.63) is 0 Å². The van der Waals surface area contributed by atoms with Crippen LogP contribution in [0.4, 0.5) is 0 Å². The molecule has 1 fully saturated rings. The van der Waals surface area contributed by atoms with Crippen molar-refractivity contribution in [2.45, 2.75) is 57.0 Å². The third-order valence-corrected chi connectivity index (χ3v) is 4.88. The summed E-state index contributed by atoms with van der Waals surface area (Å²) in [5, 5.41) is 2.49. The van der Waals surface area contributed by atoms with Crippen LogP contribution in [-0.4, -0.2) is 84.8 Å². The van der Waals surface area contributed by atoms with Gasteiger partial charge in [-0.3, -0.25) is 14.4 Å². The van der Waals surface area contributed by atoms with Crippen LogP contribution >= 0.6 is 0 Å². The minimum atomic E-state index is -0.607. The van der Waals surface area contributed by atoms with Crippen LogP contribution < -0.4 is 16.8 Å². The molecule has 10 heteroatoms. The lowest BCUT2D eigenvalue weighted by molar-refractivity contribution is -0.443. The van der Waals surface area contributed by atoms with Crippen molar-refractivity contribution >= 4 is 37.1 Å². The monoisotopic (exact) mass is 409 g/mol. The molecule has 1 heterocycles. The molecule has 1 rings (SSSR count). The van der Waals surface area contributed by atoms with Gasteiger partial charge in [0.1, 0.15) is 18.8 Å². The summed E-state index contributed by atoms with van der Waals surface area (Å²) in [7, 11) is 0. The second-order valence-electron chi connectivity index (χ2n) is 7.11. The zero-order valence-corrected chi connectivity index (χ0v) is 17.0. The standard InChI is InChI=1S/C19H32N6O4/c1-22-16(26)13-23-18(28)15-8-6-12-25(15)17(27)9-3-4-11-24(2)19(29)14(21)7-5-10-20/h14-15H,1-13,20-21H2/p+1/t14-,15-/m0/s1. The Morgan fingerprint density at radius 3 is 2.62 bits per heavy atom. The van der Waals surface area contributed by atoms with Gasteiger partial charge in [0.15, 0.2) is 6.54 Å². The Morgan fingerprint density at radius 1 is 1.24 bits per heavy atom. The van der Waals surface area contributed by atoms with Crippen molar-refractivity contribution in [3.63, 3.8) is 0 Å². The lowest BCUT2D eigenvalue weighted by Gasteiger charge is -2.23. The molecule has 0 spiro atoms. The summed E-state index contributed by atoms with van der Waals surface area (Å²) in [6.45, 7) is 8.02. The van der Waals surface area contributed by atoms with Crippen LogP contribution in [0.5, 0.6) is 0 Å². The molecular formula is C19H33N6O4+. The van der Waals surface area contributed by atoms with Crippen molar-refractivity contribution in [1.82, 2.24) is 10.2 Å². The van der Waals surface area contributed by atoms with Crippen molar-refractivity contribution in [1.29, 1.82) is 0 Å². The Bertz CT molecular complexity index is 636. The van der Waals surface area contributed by atoms with Crippen LogP contribution in [0.15, 0.2) is 4.99 Å². The molecule has 0 bridgehead atoms. The number of carbonyl (C=O) groups excluding carboxylic acids is 4. The molecule has 5 N–H and O–H groups in total. The van der Waals surface area contributed by atoms with Crippen molar-refractivity contribution in [3.8, 4) is 0 Å². The molecule has 1 aliphatic rings. The second kappa shape index (κ2) is 12.9. The topological polar surface area (TPSA) is 151 Å². The number of amides is 4. The van der Waals surface area contributed by atoms with Gasteiger partial charge < -0.3 is 21.7 Å². The minimum Gasteiger partial charge on any atom is -0.345 e. The molecule has 0 aromatic heterocycles. The fraction of sp³-hybridized carbons (Fsp3) is 0.684. The van der Waals surface area contributed by atoms with E-state index < -0.39 is 18.0 Å². The third-order valence-electron chi connectivity index (χ3n) is 4.88. The van der Waals surface area contributed by atoms with Gasteiger partial charge in [0, 0.05) is 19.4 Å². The third kappa shape index (κ3) is 8.20. The van der Waals surface area contributed by atoms with Crippen LogP contribution in [0.1, 0.15) is 44.9 Å². The van der Waals surface area contributed by atoms with E-state index in [0.717, 1.165) is 6.42 Å². The smallest absolute Gasteiger partial charge is 0.345 e. The lowest BCUT2D eigenvalue weighted by Crippen LogP contribution is -2.46. The van der Waals surface area contributed by atoms with E-state index in [1.165, 1.54) is 4.58 Å². The van der Waals surface area contributed by atoms with E-state index in [2.05, 4.69) is 23.7 Å². The summed E-state index contributed by atoms with van der Waals surface area (Å²) in [6.07, 6.45) is 3.95. The van der Waals surface area contributed by atoms with Gasteiger partial charge in [0.25, 0.3) is 5.91 Å². The normalized spacial score (nSPS) is 16.9. The molecule has 4 amide bonds. The first kappa shape index (κ1) is 24.6. The first-order valence-corrected chi connectivity index (χ1v) is 9.96. The van der Waals surface area contributed by atoms with Crippen molar-refractivity contribution in [2.75, 3.05) is 26.2 Å². The number of nitrogens with two attached hydrogens (primary N) is 2. The summed E-state index contributed by atoms with van der Waals surface area (Å²) in [5.74, 6) is -1.22. The molecule has 10 nitrogen and oxygen atoms in total. The van der Waals surface area contributed by atoms with Gasteiger partial charge in [0.05, 0.1) is 6.54 Å². The number of aliphatic imine (C=N–C) groups is 1. The number of rotatable bonds is 12. The fourth-order valence-corrected chi connectivity index (χ4v) is 3.20. The molecule has 0 radical (unpaired) electrons. The predicted octanol–water partition coefficient (Wildman–Crippen LogP) is -1.20. The molecule has 1 saturated heterocycles. The van der Waals surface area contributed by atoms with E-state index in [9.17, 15) is 19.2 Å². The zero-order valence-electron chi connectivity index (χ0n) is 17.0. The maximum absolute atomic E-state index is 12.5. The molecule has 0 unspecified atom stereocenters. The largest absolute Gasteiger partial charge is 0.403 e. The second-order valence-corrected chi connectivity index (χ2v) is 7.11. The number of hydrogen-bond donors (Lipinski definition) is 3. The van der Waals surface area contributed by atoms with E-state index in [0.29, 0.717) is 51.7 Å². The first-order valence-electron chi connectivity index (χ1n) is 9.96. The van der Waals surface area contributed by atoms with E-state index >= 15 is 0 Å². The van der Waals surface area contributed by atoms with Crippen LogP contribution in [0.25, 0.3) is 0 Å². The van der Waals surface area contributed by atoms with E-state index in [4.69, 9.17) is 11.5 Å². The van der Waals surface area contributed by atoms with Crippen LogP contribution in [0.3, 0.4) is 0 Å². The fourth-order valence-electron chi connectivity index (χ4n) is 3.20. The average molecular weight is 410 g/mol. The Kier molecular flexibility index (Phi) is 10.9. The van der Waals surface area contributed by atoms with Crippen molar-refractivity contribution in [2.24, 2.45) is 16.5 Å². The number of carbonyl (C=O) groups is 4. The van der Waals surface area contributed by atoms with Gasteiger partial charge in [-0.15, -0.1) is 0 Å². The van der Waals surface area contributed by atoms with E-state index in [1.54, 1.807) is 4.90 Å². The summed E-state index contributed by atoms with van der Waals surface area (Å²) in [4.78, 5) is 52.7. The van der Waals surface area contributed by atoms with Gasteiger partial charge >= 0.3 is 5.91 Å². The highest BCUT2D eigenvalue weighted by molar-refractivity contribution is 5.91. The average Bonchev–Trinajstić information content (AvgIpc) is 3.22. The molecule has 2 atom stereocenters. The Balaban J connectivity index is 2.37. The maximum atomic E-state index is 12.5. The number of nitrogens with zero attached hydrogens (tertiary/aromatic N) is 3. The molecular weight excluding hydrogens is 376 g/mol. The number of hydrogen-bond acceptors (Lipinski definition) is 6.